The van der Waals surface area contributed by atoms with Gasteiger partial charge in [-0.05, 0) is 24.1 Å². The number of H-pyrrole nitrogens is 1. The topological polar surface area (TPSA) is 113 Å². The van der Waals surface area contributed by atoms with Crippen LogP contribution in [0.1, 0.15) is 0 Å². The first-order chi connectivity index (χ1) is 10.3. The van der Waals surface area contributed by atoms with Crippen LogP contribution in [0.3, 0.4) is 0 Å². The molecule has 10 heteroatoms. The van der Waals surface area contributed by atoms with Crippen LogP contribution in [-0.4, -0.2) is 63.6 Å². The molecule has 1 fully saturated rings. The quantitative estimate of drug-likeness (QED) is 0.765. The van der Waals surface area contributed by atoms with E-state index in [1.165, 1.54) is 22.5 Å². The lowest BCUT2D eigenvalue weighted by atomic mass is 10.3. The van der Waals surface area contributed by atoms with Crippen LogP contribution in [0.25, 0.3) is 11.0 Å². The first-order valence-corrected chi connectivity index (χ1v) is 9.58. The van der Waals surface area contributed by atoms with E-state index in [0.29, 0.717) is 37.3 Å². The van der Waals surface area contributed by atoms with Crippen LogP contribution in [0.2, 0.25) is 0 Å². The minimum atomic E-state index is -3.62. The minimum absolute atomic E-state index is 0.102. The number of hydrogen-bond donors (Lipinski definition) is 2. The van der Waals surface area contributed by atoms with Crippen molar-refractivity contribution in [3.63, 3.8) is 0 Å². The van der Waals surface area contributed by atoms with Crippen molar-refractivity contribution in [2.75, 3.05) is 26.3 Å². The molecule has 1 atom stereocenters. The smallest absolute Gasteiger partial charge is 0.243 e. The summed E-state index contributed by atoms with van der Waals surface area (Å²) in [5.74, 6) is 3.13. The van der Waals surface area contributed by atoms with Gasteiger partial charge in [-0.25, -0.2) is 17.6 Å². The molecule has 8 nitrogen and oxygen atoms in total. The van der Waals surface area contributed by atoms with Crippen LogP contribution in [0.4, 0.5) is 0 Å². The number of morpholine rings is 1. The van der Waals surface area contributed by atoms with Crippen molar-refractivity contribution in [3.8, 4) is 0 Å². The van der Waals surface area contributed by atoms with Gasteiger partial charge in [0.25, 0.3) is 0 Å². The Morgan fingerprint density at radius 2 is 1.95 bits per heavy atom. The van der Waals surface area contributed by atoms with E-state index in [1.807, 2.05) is 0 Å². The van der Waals surface area contributed by atoms with E-state index in [-0.39, 0.29) is 10.1 Å². The second kappa shape index (κ2) is 5.32. The third-order valence-corrected chi connectivity index (χ3v) is 6.03. The number of ether oxygens (including phenoxy) is 1. The predicted octanol–water partition coefficient (Wildman–Crippen LogP) is 0.132. The molecule has 0 amide bonds. The Bertz CT molecular complexity index is 911. The molecular weight excluding hydrogens is 330 g/mol. The van der Waals surface area contributed by atoms with Gasteiger partial charge in [-0.1, -0.05) is 0 Å². The van der Waals surface area contributed by atoms with E-state index in [4.69, 9.17) is 4.74 Å². The Balaban J connectivity index is 2.04. The molecule has 2 aromatic rings. The normalized spacial score (nSPS) is 20.0. The molecule has 1 aliphatic rings. The maximum atomic E-state index is 12.6. The number of rotatable bonds is 3. The molecule has 1 unspecified atom stereocenters. The van der Waals surface area contributed by atoms with Crippen LogP contribution >= 0.6 is 0 Å². The second-order valence-corrected chi connectivity index (χ2v) is 8.48. The Morgan fingerprint density at radius 3 is 2.59 bits per heavy atom. The highest BCUT2D eigenvalue weighted by atomic mass is 32.2. The molecule has 2 N–H and O–H groups in total. The number of aromatic nitrogens is 2. The van der Waals surface area contributed by atoms with Gasteiger partial charge in [0.2, 0.25) is 15.2 Å². The molecule has 1 aromatic carbocycles. The molecule has 0 bridgehead atoms. The van der Waals surface area contributed by atoms with Gasteiger partial charge in [0.1, 0.15) is 9.80 Å². The highest BCUT2D eigenvalue weighted by molar-refractivity contribution is 7.94. The Morgan fingerprint density at radius 1 is 1.27 bits per heavy atom. The summed E-state index contributed by atoms with van der Waals surface area (Å²) in [4.78, 5) is 6.69. The highest BCUT2D eigenvalue weighted by Crippen LogP contribution is 2.22. The van der Waals surface area contributed by atoms with E-state index in [1.54, 1.807) is 0 Å². The van der Waals surface area contributed by atoms with Gasteiger partial charge < -0.3 is 14.3 Å². The summed E-state index contributed by atoms with van der Waals surface area (Å²) in [7, 11) is -7.10. The molecule has 22 heavy (non-hydrogen) atoms. The lowest BCUT2D eigenvalue weighted by Gasteiger charge is -2.25. The van der Waals surface area contributed by atoms with Crippen molar-refractivity contribution in [2.45, 2.75) is 10.1 Å². The van der Waals surface area contributed by atoms with Crippen molar-refractivity contribution in [1.29, 1.82) is 0 Å². The molecule has 3 rings (SSSR count). The zero-order valence-corrected chi connectivity index (χ0v) is 13.2. The maximum Gasteiger partial charge on any atom is 0.243 e. The number of sulfonamides is 1. The Kier molecular flexibility index (Phi) is 3.73. The maximum absolute atomic E-state index is 12.6. The molecule has 0 radical (unpaired) electrons. The number of hydrogen-bond acceptors (Lipinski definition) is 5. The third kappa shape index (κ3) is 2.75. The summed E-state index contributed by atoms with van der Waals surface area (Å²) in [6.45, 7) is 1.34. The van der Waals surface area contributed by atoms with Crippen LogP contribution in [0, 0.1) is 0 Å². The van der Waals surface area contributed by atoms with Gasteiger partial charge in [-0.15, -0.1) is 0 Å². The number of imidazole rings is 1. The third-order valence-electron chi connectivity index (χ3n) is 3.34. The van der Waals surface area contributed by atoms with Crippen LogP contribution in [-0.2, 0) is 24.6 Å². The minimum Gasteiger partial charge on any atom is -0.379 e. The highest BCUT2D eigenvalue weighted by Gasteiger charge is 2.26. The van der Waals surface area contributed by atoms with Crippen molar-refractivity contribution in [3.05, 3.63) is 18.2 Å². The Labute approximate surface area is 128 Å². The summed E-state index contributed by atoms with van der Waals surface area (Å²) in [6, 6.07) is 4.33. The fourth-order valence-electron chi connectivity index (χ4n) is 2.21. The average molecular weight is 345 g/mol. The summed E-state index contributed by atoms with van der Waals surface area (Å²) in [5, 5.41) is -0.177. The van der Waals surface area contributed by atoms with Gasteiger partial charge in [-0.3, -0.25) is 0 Å². The first-order valence-electron chi connectivity index (χ1n) is 6.46. The number of benzene rings is 1. The molecule has 0 saturated carbocycles. The monoisotopic (exact) mass is 345 g/mol. The van der Waals surface area contributed by atoms with E-state index in [2.05, 4.69) is 15.8 Å². The molecule has 1 saturated heterocycles. The zero-order chi connectivity index (χ0) is 16.0. The van der Waals surface area contributed by atoms with E-state index >= 15 is 0 Å². The van der Waals surface area contributed by atoms with Crippen molar-refractivity contribution >= 4 is 36.7 Å². The van der Waals surface area contributed by atoms with Crippen LogP contribution < -0.4 is 0 Å². The van der Waals surface area contributed by atoms with Gasteiger partial charge in [0, 0.05) is 13.1 Å². The molecule has 1 aliphatic heterocycles. The fraction of sp³-hybridized carbons (Fsp3) is 0.333. The van der Waals surface area contributed by atoms with Gasteiger partial charge in [-0.2, -0.15) is 4.31 Å². The number of nitrogens with zero attached hydrogens (tertiary/aromatic N) is 2. The van der Waals surface area contributed by atoms with Crippen LogP contribution in [0.5, 0.6) is 0 Å². The fourth-order valence-corrected chi connectivity index (χ4v) is 4.16. The van der Waals surface area contributed by atoms with Crippen LogP contribution in [0.15, 0.2) is 28.3 Å². The molecule has 120 valence electrons. The first kappa shape index (κ1) is 15.4. The van der Waals surface area contributed by atoms with Crippen molar-refractivity contribution in [1.82, 2.24) is 14.3 Å². The molecule has 2 heterocycles. The Hall–Kier alpha value is -1.46. The van der Waals surface area contributed by atoms with E-state index < -0.39 is 19.8 Å². The average Bonchev–Trinajstić information content (AvgIpc) is 2.91. The summed E-state index contributed by atoms with van der Waals surface area (Å²) >= 11 is 0. The standard InChI is InChI=1S/C12H15N3O5S2/c1-21(16,17)12-13-10-3-2-9(8-11(10)14-12)22(18,19)15-4-6-20-7-5-15/h2-3,8H,1,4-7H2,(H,13,14)(H,16,17). The molecule has 1 aromatic heterocycles. The second-order valence-electron chi connectivity index (χ2n) is 4.88. The van der Waals surface area contributed by atoms with Gasteiger partial charge in [0.05, 0.1) is 29.1 Å². The number of aromatic amines is 1. The number of nitrogens with one attached hydrogen (secondary N) is 1. The summed E-state index contributed by atoms with van der Waals surface area (Å²) < 4.78 is 52.5. The lowest BCUT2D eigenvalue weighted by molar-refractivity contribution is 0.0730. The van der Waals surface area contributed by atoms with Crippen molar-refractivity contribution in [2.24, 2.45) is 0 Å². The van der Waals surface area contributed by atoms with E-state index in [0.717, 1.165) is 0 Å². The molecular formula is C12H15N3O5S2. The van der Waals surface area contributed by atoms with Gasteiger partial charge in [0.15, 0.2) is 0 Å². The number of fused-ring (bicyclic) bond motifs is 1. The summed E-state index contributed by atoms with van der Waals surface area (Å²) in [5.41, 5.74) is 0.774. The lowest BCUT2D eigenvalue weighted by Crippen LogP contribution is -2.40. The molecule has 0 aliphatic carbocycles. The zero-order valence-electron chi connectivity index (χ0n) is 11.6. The largest absolute Gasteiger partial charge is 0.379 e. The SMILES string of the molecule is C=S(=O)(O)c1nc2ccc(S(=O)(=O)N3CCOCC3)cc2[nH]1. The van der Waals surface area contributed by atoms with Crippen molar-refractivity contribution < 1.29 is 21.9 Å². The predicted molar refractivity (Wildman–Crippen MR) is 81.8 cm³/mol. The summed E-state index contributed by atoms with van der Waals surface area (Å²) in [6.07, 6.45) is 0. The van der Waals surface area contributed by atoms with Gasteiger partial charge >= 0.3 is 0 Å². The molecule has 0 spiro atoms. The van der Waals surface area contributed by atoms with E-state index in [9.17, 15) is 17.2 Å².